The predicted octanol–water partition coefficient (Wildman–Crippen LogP) is 1.10. The highest BCUT2D eigenvalue weighted by atomic mass is 16.5. The van der Waals surface area contributed by atoms with Crippen LogP contribution in [0.4, 0.5) is 5.95 Å². The Morgan fingerprint density at radius 3 is 2.71 bits per heavy atom. The summed E-state index contributed by atoms with van der Waals surface area (Å²) in [6.45, 7) is 2.09. The van der Waals surface area contributed by atoms with E-state index in [9.17, 15) is 0 Å². The van der Waals surface area contributed by atoms with Crippen LogP contribution in [0.2, 0.25) is 0 Å². The zero-order chi connectivity index (χ0) is 10.1. The molecule has 0 aromatic carbocycles. The molecule has 1 aliphatic rings. The van der Waals surface area contributed by atoms with E-state index in [4.69, 9.17) is 4.74 Å². The molecule has 0 saturated carbocycles. The zero-order valence-corrected chi connectivity index (χ0v) is 8.82. The van der Waals surface area contributed by atoms with Crippen LogP contribution in [-0.2, 0) is 11.8 Å². The maximum Gasteiger partial charge on any atom is 0.224 e. The minimum atomic E-state index is 0.115. The van der Waals surface area contributed by atoms with Crippen molar-refractivity contribution in [3.8, 4) is 0 Å². The number of hydrogen-bond donors (Lipinski definition) is 1. The van der Waals surface area contributed by atoms with Crippen LogP contribution < -0.4 is 5.32 Å². The third-order valence-electron chi connectivity index (χ3n) is 2.65. The largest absolute Gasteiger partial charge is 0.367 e. The maximum atomic E-state index is 5.73. The summed E-state index contributed by atoms with van der Waals surface area (Å²) >= 11 is 0. The SMILES string of the molecule is CNc1nnc(C2CCC(C)O2)n1C. The molecular formula is C9H16N4O. The van der Waals surface area contributed by atoms with Gasteiger partial charge in [0.2, 0.25) is 5.95 Å². The Balaban J connectivity index is 2.20. The summed E-state index contributed by atoms with van der Waals surface area (Å²) in [5.74, 6) is 1.70. The van der Waals surface area contributed by atoms with Gasteiger partial charge in [-0.1, -0.05) is 0 Å². The van der Waals surface area contributed by atoms with Gasteiger partial charge in [-0.3, -0.25) is 4.57 Å². The summed E-state index contributed by atoms with van der Waals surface area (Å²) in [5, 5.41) is 11.1. The van der Waals surface area contributed by atoms with Gasteiger partial charge in [-0.2, -0.15) is 0 Å². The third kappa shape index (κ3) is 1.48. The first-order valence-electron chi connectivity index (χ1n) is 4.95. The monoisotopic (exact) mass is 196 g/mol. The third-order valence-corrected chi connectivity index (χ3v) is 2.65. The molecule has 0 amide bonds. The molecule has 0 aliphatic carbocycles. The lowest BCUT2D eigenvalue weighted by Crippen LogP contribution is -2.08. The minimum absolute atomic E-state index is 0.115. The second-order valence-electron chi connectivity index (χ2n) is 3.70. The predicted molar refractivity (Wildman–Crippen MR) is 53.1 cm³/mol. The molecule has 0 spiro atoms. The van der Waals surface area contributed by atoms with Crippen LogP contribution in [0.15, 0.2) is 0 Å². The van der Waals surface area contributed by atoms with Crippen LogP contribution in [0.3, 0.4) is 0 Å². The fourth-order valence-electron chi connectivity index (χ4n) is 1.83. The van der Waals surface area contributed by atoms with Crippen molar-refractivity contribution in [2.75, 3.05) is 12.4 Å². The molecule has 5 nitrogen and oxygen atoms in total. The van der Waals surface area contributed by atoms with Crippen LogP contribution in [-0.4, -0.2) is 27.9 Å². The number of nitrogens with zero attached hydrogens (tertiary/aromatic N) is 3. The van der Waals surface area contributed by atoms with E-state index < -0.39 is 0 Å². The first-order chi connectivity index (χ1) is 6.72. The summed E-state index contributed by atoms with van der Waals surface area (Å²) in [4.78, 5) is 0. The minimum Gasteiger partial charge on any atom is -0.367 e. The summed E-state index contributed by atoms with van der Waals surface area (Å²) < 4.78 is 7.68. The lowest BCUT2D eigenvalue weighted by molar-refractivity contribution is 0.0486. The van der Waals surface area contributed by atoms with Crippen molar-refractivity contribution in [2.24, 2.45) is 7.05 Å². The van der Waals surface area contributed by atoms with Crippen LogP contribution in [0.25, 0.3) is 0 Å². The van der Waals surface area contributed by atoms with E-state index in [0.717, 1.165) is 24.6 Å². The van der Waals surface area contributed by atoms with Crippen LogP contribution in [0, 0.1) is 0 Å². The molecule has 1 aromatic heterocycles. The molecule has 1 N–H and O–H groups in total. The van der Waals surface area contributed by atoms with E-state index in [0.29, 0.717) is 6.10 Å². The number of ether oxygens (including phenoxy) is 1. The topological polar surface area (TPSA) is 52.0 Å². The van der Waals surface area contributed by atoms with Gasteiger partial charge in [0.15, 0.2) is 5.82 Å². The average Bonchev–Trinajstić information content (AvgIpc) is 2.72. The van der Waals surface area contributed by atoms with Crippen LogP contribution in [0.1, 0.15) is 31.7 Å². The number of anilines is 1. The van der Waals surface area contributed by atoms with Gasteiger partial charge >= 0.3 is 0 Å². The van der Waals surface area contributed by atoms with E-state index in [1.54, 1.807) is 0 Å². The van der Waals surface area contributed by atoms with Gasteiger partial charge in [-0.15, -0.1) is 10.2 Å². The fraction of sp³-hybridized carbons (Fsp3) is 0.778. The fourth-order valence-corrected chi connectivity index (χ4v) is 1.83. The van der Waals surface area contributed by atoms with E-state index in [-0.39, 0.29) is 6.10 Å². The molecule has 78 valence electrons. The van der Waals surface area contributed by atoms with Crippen molar-refractivity contribution in [3.63, 3.8) is 0 Å². The first kappa shape index (κ1) is 9.45. The Morgan fingerprint density at radius 1 is 1.43 bits per heavy atom. The van der Waals surface area contributed by atoms with Crippen molar-refractivity contribution in [1.29, 1.82) is 0 Å². The van der Waals surface area contributed by atoms with E-state index in [2.05, 4.69) is 22.4 Å². The van der Waals surface area contributed by atoms with Crippen molar-refractivity contribution < 1.29 is 4.74 Å². The van der Waals surface area contributed by atoms with Gasteiger partial charge in [0.05, 0.1) is 6.10 Å². The molecule has 2 rings (SSSR count). The molecule has 2 heterocycles. The Hall–Kier alpha value is -1.10. The zero-order valence-electron chi connectivity index (χ0n) is 8.82. The first-order valence-corrected chi connectivity index (χ1v) is 4.95. The van der Waals surface area contributed by atoms with E-state index in [1.165, 1.54) is 0 Å². The van der Waals surface area contributed by atoms with Crippen molar-refractivity contribution in [3.05, 3.63) is 5.82 Å². The quantitative estimate of drug-likeness (QED) is 0.769. The molecule has 2 unspecified atom stereocenters. The van der Waals surface area contributed by atoms with Crippen molar-refractivity contribution in [1.82, 2.24) is 14.8 Å². The van der Waals surface area contributed by atoms with Crippen molar-refractivity contribution in [2.45, 2.75) is 32.0 Å². The van der Waals surface area contributed by atoms with Crippen LogP contribution in [0.5, 0.6) is 0 Å². The molecule has 5 heteroatoms. The highest BCUT2D eigenvalue weighted by Gasteiger charge is 2.27. The number of aromatic nitrogens is 3. The Labute approximate surface area is 83.5 Å². The number of rotatable bonds is 2. The molecule has 2 atom stereocenters. The standard InChI is InChI=1S/C9H16N4O/c1-6-4-5-7(14-6)8-11-12-9(10-2)13(8)3/h6-7H,4-5H2,1-3H3,(H,10,12). The van der Waals surface area contributed by atoms with E-state index >= 15 is 0 Å². The molecule has 0 radical (unpaired) electrons. The highest BCUT2D eigenvalue weighted by Crippen LogP contribution is 2.31. The Morgan fingerprint density at radius 2 is 2.21 bits per heavy atom. The van der Waals surface area contributed by atoms with Gasteiger partial charge in [-0.05, 0) is 19.8 Å². The smallest absolute Gasteiger partial charge is 0.224 e. The second-order valence-corrected chi connectivity index (χ2v) is 3.70. The highest BCUT2D eigenvalue weighted by molar-refractivity contribution is 5.24. The second kappa shape index (κ2) is 3.57. The molecule has 14 heavy (non-hydrogen) atoms. The summed E-state index contributed by atoms with van der Waals surface area (Å²) in [6, 6.07) is 0. The normalized spacial score (nSPS) is 26.8. The molecular weight excluding hydrogens is 180 g/mol. The number of hydrogen-bond acceptors (Lipinski definition) is 4. The summed E-state index contributed by atoms with van der Waals surface area (Å²) in [7, 11) is 3.79. The summed E-state index contributed by atoms with van der Waals surface area (Å²) in [5.41, 5.74) is 0. The molecule has 1 saturated heterocycles. The lowest BCUT2D eigenvalue weighted by Gasteiger charge is -2.10. The molecule has 1 aliphatic heterocycles. The van der Waals surface area contributed by atoms with Gasteiger partial charge in [-0.25, -0.2) is 0 Å². The summed E-state index contributed by atoms with van der Waals surface area (Å²) in [6.07, 6.45) is 2.60. The van der Waals surface area contributed by atoms with Gasteiger partial charge in [0.25, 0.3) is 0 Å². The van der Waals surface area contributed by atoms with E-state index in [1.807, 2.05) is 18.7 Å². The molecule has 1 aromatic rings. The molecule has 0 bridgehead atoms. The van der Waals surface area contributed by atoms with Gasteiger partial charge in [0, 0.05) is 14.1 Å². The average molecular weight is 196 g/mol. The van der Waals surface area contributed by atoms with Gasteiger partial charge in [0.1, 0.15) is 6.10 Å². The maximum absolute atomic E-state index is 5.73. The number of nitrogens with one attached hydrogen (secondary N) is 1. The Kier molecular flexibility index (Phi) is 2.41. The van der Waals surface area contributed by atoms with Crippen molar-refractivity contribution >= 4 is 5.95 Å². The molecule has 1 fully saturated rings. The Bertz CT molecular complexity index is 323. The van der Waals surface area contributed by atoms with Gasteiger partial charge < -0.3 is 10.1 Å². The lowest BCUT2D eigenvalue weighted by atomic mass is 10.2. The van der Waals surface area contributed by atoms with Crippen LogP contribution >= 0.6 is 0 Å².